The van der Waals surface area contributed by atoms with Crippen LogP contribution in [-0.4, -0.2) is 20.6 Å². The van der Waals surface area contributed by atoms with Crippen molar-refractivity contribution in [2.75, 3.05) is 10.7 Å². The summed E-state index contributed by atoms with van der Waals surface area (Å²) in [6.45, 7) is 6.02. The Hall–Kier alpha value is -1.56. The Balaban J connectivity index is 2.95. The minimum absolute atomic E-state index is 0.196. The molecule has 0 saturated heterocycles. The number of rotatable bonds is 7. The van der Waals surface area contributed by atoms with Crippen molar-refractivity contribution < 1.29 is 13.2 Å². The van der Waals surface area contributed by atoms with Crippen LogP contribution in [0.25, 0.3) is 0 Å². The van der Waals surface area contributed by atoms with Gasteiger partial charge in [0.05, 0.1) is 11.9 Å². The molecule has 0 bridgehead atoms. The summed E-state index contributed by atoms with van der Waals surface area (Å²) in [4.78, 5) is 12.3. The van der Waals surface area contributed by atoms with Gasteiger partial charge in [0.1, 0.15) is 0 Å². The highest BCUT2D eigenvalue weighted by Crippen LogP contribution is 2.18. The number of hydrogen-bond acceptors (Lipinski definition) is 3. The van der Waals surface area contributed by atoms with E-state index in [0.717, 1.165) is 17.1 Å². The van der Waals surface area contributed by atoms with E-state index in [1.54, 1.807) is 30.3 Å². The zero-order valence-electron chi connectivity index (χ0n) is 13.0. The molecule has 1 aromatic rings. The summed E-state index contributed by atoms with van der Waals surface area (Å²) in [5, 5.41) is 0. The molecule has 0 aliphatic rings. The molecular formula is C15H24N2O3S. The lowest BCUT2D eigenvalue weighted by molar-refractivity contribution is -0.125. The first-order valence-electron chi connectivity index (χ1n) is 7.11. The number of carbonyl (C=O) groups excluding carboxylic acids is 1. The molecule has 0 fully saturated rings. The Labute approximate surface area is 127 Å². The predicted octanol–water partition coefficient (Wildman–Crippen LogP) is 2.56. The number of para-hydroxylation sites is 1. The average Bonchev–Trinajstić information content (AvgIpc) is 2.41. The Morgan fingerprint density at radius 1 is 1.24 bits per heavy atom. The van der Waals surface area contributed by atoms with Gasteiger partial charge in [-0.15, -0.1) is 0 Å². The number of carbonyl (C=O) groups is 1. The Bertz CT molecular complexity index is 556. The van der Waals surface area contributed by atoms with Crippen LogP contribution in [0.4, 0.5) is 5.69 Å². The first-order valence-corrected chi connectivity index (χ1v) is 8.96. The van der Waals surface area contributed by atoms with Crippen molar-refractivity contribution >= 4 is 21.6 Å². The van der Waals surface area contributed by atoms with Crippen molar-refractivity contribution in [2.45, 2.75) is 33.6 Å². The third-order valence-electron chi connectivity index (χ3n) is 3.15. The number of hydrogen-bond donors (Lipinski definition) is 1. The van der Waals surface area contributed by atoms with Crippen LogP contribution in [-0.2, 0) is 14.8 Å². The zero-order chi connectivity index (χ0) is 16.0. The summed E-state index contributed by atoms with van der Waals surface area (Å²) in [6, 6.07) is 8.53. The van der Waals surface area contributed by atoms with E-state index in [2.05, 4.69) is 5.43 Å². The van der Waals surface area contributed by atoms with E-state index in [4.69, 9.17) is 0 Å². The van der Waals surface area contributed by atoms with Gasteiger partial charge in [0.2, 0.25) is 15.9 Å². The molecule has 0 heterocycles. The zero-order valence-corrected chi connectivity index (χ0v) is 13.9. The molecule has 0 aliphatic carbocycles. The third kappa shape index (κ3) is 5.38. The summed E-state index contributed by atoms with van der Waals surface area (Å²) in [7, 11) is -3.58. The molecule has 1 unspecified atom stereocenters. The maximum Gasteiger partial charge on any atom is 0.249 e. The Kier molecular flexibility index (Phi) is 6.20. The number of nitrogens with zero attached hydrogens (tertiary/aromatic N) is 1. The minimum atomic E-state index is -3.58. The molecule has 5 nitrogen and oxygen atoms in total. The average molecular weight is 312 g/mol. The SMILES string of the molecule is CCC(CC(C)C)C(=O)NN(c1ccccc1)S(C)(=O)=O. The number of benzene rings is 1. The quantitative estimate of drug-likeness (QED) is 0.787. The second-order valence-electron chi connectivity index (χ2n) is 5.57. The van der Waals surface area contributed by atoms with Crippen LogP contribution < -0.4 is 9.84 Å². The molecule has 118 valence electrons. The van der Waals surface area contributed by atoms with Gasteiger partial charge in [-0.05, 0) is 30.9 Å². The van der Waals surface area contributed by atoms with Gasteiger partial charge in [0.25, 0.3) is 0 Å². The van der Waals surface area contributed by atoms with Gasteiger partial charge in [0, 0.05) is 5.92 Å². The fourth-order valence-electron chi connectivity index (χ4n) is 2.12. The van der Waals surface area contributed by atoms with Gasteiger partial charge in [-0.3, -0.25) is 10.2 Å². The molecule has 21 heavy (non-hydrogen) atoms. The van der Waals surface area contributed by atoms with Crippen molar-refractivity contribution in [1.29, 1.82) is 0 Å². The first kappa shape index (κ1) is 17.5. The van der Waals surface area contributed by atoms with Crippen molar-refractivity contribution in [3.05, 3.63) is 30.3 Å². The second-order valence-corrected chi connectivity index (χ2v) is 7.40. The van der Waals surface area contributed by atoms with Crippen molar-refractivity contribution in [3.8, 4) is 0 Å². The van der Waals surface area contributed by atoms with Gasteiger partial charge < -0.3 is 0 Å². The lowest BCUT2D eigenvalue weighted by atomic mass is 9.94. The molecular weight excluding hydrogens is 288 g/mol. The van der Waals surface area contributed by atoms with Crippen molar-refractivity contribution in [1.82, 2.24) is 5.43 Å². The predicted molar refractivity (Wildman–Crippen MR) is 85.1 cm³/mol. The van der Waals surface area contributed by atoms with Crippen LogP contribution in [0.1, 0.15) is 33.6 Å². The van der Waals surface area contributed by atoms with E-state index >= 15 is 0 Å². The normalized spacial score (nSPS) is 13.0. The van der Waals surface area contributed by atoms with Gasteiger partial charge >= 0.3 is 0 Å². The summed E-state index contributed by atoms with van der Waals surface area (Å²) in [5.74, 6) is -0.0810. The van der Waals surface area contributed by atoms with E-state index in [1.165, 1.54) is 0 Å². The van der Waals surface area contributed by atoms with Crippen LogP contribution in [0.15, 0.2) is 30.3 Å². The summed E-state index contributed by atoms with van der Waals surface area (Å²) >= 11 is 0. The van der Waals surface area contributed by atoms with Crippen LogP contribution in [0.3, 0.4) is 0 Å². The molecule has 0 aromatic heterocycles. The monoisotopic (exact) mass is 312 g/mol. The molecule has 1 aromatic carbocycles. The Morgan fingerprint density at radius 2 is 1.81 bits per heavy atom. The van der Waals surface area contributed by atoms with Gasteiger partial charge in [-0.1, -0.05) is 39.0 Å². The highest BCUT2D eigenvalue weighted by molar-refractivity contribution is 7.92. The smallest absolute Gasteiger partial charge is 0.249 e. The largest absolute Gasteiger partial charge is 0.273 e. The maximum absolute atomic E-state index is 12.3. The topological polar surface area (TPSA) is 66.5 Å². The number of amides is 1. The lowest BCUT2D eigenvalue weighted by Crippen LogP contribution is -2.48. The summed E-state index contributed by atoms with van der Waals surface area (Å²) in [5.41, 5.74) is 2.96. The molecule has 1 amide bonds. The van der Waals surface area contributed by atoms with Gasteiger partial charge in [-0.25, -0.2) is 8.42 Å². The van der Waals surface area contributed by atoms with Crippen LogP contribution in [0.5, 0.6) is 0 Å². The van der Waals surface area contributed by atoms with Crippen molar-refractivity contribution in [3.63, 3.8) is 0 Å². The fourth-order valence-corrected chi connectivity index (χ4v) is 2.88. The van der Waals surface area contributed by atoms with E-state index in [1.807, 2.05) is 20.8 Å². The van der Waals surface area contributed by atoms with Crippen LogP contribution in [0.2, 0.25) is 0 Å². The highest BCUT2D eigenvalue weighted by atomic mass is 32.2. The molecule has 1 rings (SSSR count). The third-order valence-corrected chi connectivity index (χ3v) is 4.12. The van der Waals surface area contributed by atoms with Crippen LogP contribution in [0, 0.1) is 11.8 Å². The highest BCUT2D eigenvalue weighted by Gasteiger charge is 2.24. The van der Waals surface area contributed by atoms with Crippen LogP contribution >= 0.6 is 0 Å². The molecule has 1 atom stereocenters. The Morgan fingerprint density at radius 3 is 2.24 bits per heavy atom. The molecule has 0 radical (unpaired) electrons. The molecule has 0 aliphatic heterocycles. The van der Waals surface area contributed by atoms with Gasteiger partial charge in [0.15, 0.2) is 0 Å². The van der Waals surface area contributed by atoms with E-state index < -0.39 is 10.0 Å². The van der Waals surface area contributed by atoms with Crippen molar-refractivity contribution in [2.24, 2.45) is 11.8 Å². The lowest BCUT2D eigenvalue weighted by Gasteiger charge is -2.25. The van der Waals surface area contributed by atoms with E-state index in [0.29, 0.717) is 18.0 Å². The molecule has 1 N–H and O–H groups in total. The van der Waals surface area contributed by atoms with Gasteiger partial charge in [-0.2, -0.15) is 4.41 Å². The first-order chi connectivity index (χ1) is 9.75. The minimum Gasteiger partial charge on any atom is -0.273 e. The number of hydrazine groups is 1. The number of sulfonamides is 1. The number of nitrogens with one attached hydrogen (secondary N) is 1. The summed E-state index contributed by atoms with van der Waals surface area (Å²) in [6.07, 6.45) is 2.48. The standard InChI is InChI=1S/C15H24N2O3S/c1-5-13(11-12(2)3)15(18)16-17(21(4,19)20)14-9-7-6-8-10-14/h6-10,12-13H,5,11H2,1-4H3,(H,16,18). The fraction of sp³-hybridized carbons (Fsp3) is 0.533. The molecule has 6 heteroatoms. The molecule has 0 saturated carbocycles. The summed E-state index contributed by atoms with van der Waals surface area (Å²) < 4.78 is 24.8. The second kappa shape index (κ2) is 7.45. The maximum atomic E-state index is 12.3. The van der Waals surface area contributed by atoms with E-state index in [9.17, 15) is 13.2 Å². The van der Waals surface area contributed by atoms with E-state index in [-0.39, 0.29) is 11.8 Å². The number of anilines is 1. The molecule has 0 spiro atoms.